The number of nitrogens with two attached hydrogens (primary N) is 1. The second-order valence-corrected chi connectivity index (χ2v) is 8.59. The topological polar surface area (TPSA) is 129 Å². The number of unbranched alkanes of at least 4 members (excludes halogenated alkanes) is 1. The summed E-state index contributed by atoms with van der Waals surface area (Å²) in [7, 11) is 0. The van der Waals surface area contributed by atoms with E-state index in [2.05, 4.69) is 25.3 Å². The highest BCUT2D eigenvalue weighted by Crippen LogP contribution is 2.31. The number of hydrogen-bond donors (Lipinski definition) is 2. The molecular formula is C25H26ClN7O2. The standard InChI is InChI=1S/C25H26ClN7O2/c1-3-29-25-30-13-17-10-19(24(35)33(23(17)32-25)9-5-4-6-22(27)34)18-8-7-16(11-20(18)26)21-14-28-12-15(2)31-21/h7-8,10-14H,3-6,9H2,1-2H3,(H2,27,34)(H,29,30,32). The molecule has 180 valence electrons. The molecule has 0 atom stereocenters. The van der Waals surface area contributed by atoms with Crippen molar-refractivity contribution in [1.29, 1.82) is 0 Å². The lowest BCUT2D eigenvalue weighted by atomic mass is 10.0. The van der Waals surface area contributed by atoms with Gasteiger partial charge in [-0.05, 0) is 38.8 Å². The summed E-state index contributed by atoms with van der Waals surface area (Å²) in [6.45, 7) is 4.85. The molecule has 4 aromatic rings. The molecule has 0 saturated carbocycles. The van der Waals surface area contributed by atoms with Crippen molar-refractivity contribution in [3.8, 4) is 22.4 Å². The van der Waals surface area contributed by atoms with Gasteiger partial charge in [-0.2, -0.15) is 4.98 Å². The third-order valence-corrected chi connectivity index (χ3v) is 5.84. The van der Waals surface area contributed by atoms with Crippen LogP contribution in [0.4, 0.5) is 5.95 Å². The van der Waals surface area contributed by atoms with Gasteiger partial charge in [-0.1, -0.05) is 23.7 Å². The zero-order valence-corrected chi connectivity index (χ0v) is 20.3. The molecule has 0 saturated heterocycles. The van der Waals surface area contributed by atoms with E-state index < -0.39 is 0 Å². The first-order valence-electron chi connectivity index (χ1n) is 11.4. The highest BCUT2D eigenvalue weighted by molar-refractivity contribution is 6.33. The Balaban J connectivity index is 1.79. The van der Waals surface area contributed by atoms with Crippen LogP contribution in [0.5, 0.6) is 0 Å². The van der Waals surface area contributed by atoms with Crippen molar-refractivity contribution >= 4 is 34.5 Å². The Morgan fingerprint density at radius 3 is 2.66 bits per heavy atom. The zero-order valence-electron chi connectivity index (χ0n) is 19.6. The molecule has 0 unspecified atom stereocenters. The summed E-state index contributed by atoms with van der Waals surface area (Å²) in [6.07, 6.45) is 6.48. The van der Waals surface area contributed by atoms with Gasteiger partial charge in [-0.3, -0.25) is 19.1 Å². The molecule has 0 aliphatic heterocycles. The van der Waals surface area contributed by atoms with Crippen LogP contribution in [-0.4, -0.2) is 37.0 Å². The third-order valence-electron chi connectivity index (χ3n) is 5.53. The molecule has 35 heavy (non-hydrogen) atoms. The maximum Gasteiger partial charge on any atom is 0.260 e. The van der Waals surface area contributed by atoms with E-state index >= 15 is 0 Å². The lowest BCUT2D eigenvalue weighted by Crippen LogP contribution is -2.24. The van der Waals surface area contributed by atoms with E-state index in [9.17, 15) is 9.59 Å². The Kier molecular flexibility index (Phi) is 7.36. The quantitative estimate of drug-likeness (QED) is 0.339. The van der Waals surface area contributed by atoms with Gasteiger partial charge in [0.15, 0.2) is 0 Å². The molecule has 10 heteroatoms. The number of aryl methyl sites for hydroxylation is 2. The average molecular weight is 492 g/mol. The van der Waals surface area contributed by atoms with Gasteiger partial charge >= 0.3 is 0 Å². The number of benzene rings is 1. The summed E-state index contributed by atoms with van der Waals surface area (Å²) in [5.41, 5.74) is 8.92. The van der Waals surface area contributed by atoms with Crippen molar-refractivity contribution in [3.05, 3.63) is 63.9 Å². The Bertz CT molecular complexity index is 1450. The van der Waals surface area contributed by atoms with Gasteiger partial charge in [0, 0.05) is 59.0 Å². The van der Waals surface area contributed by atoms with E-state index in [1.807, 2.05) is 26.0 Å². The van der Waals surface area contributed by atoms with E-state index in [-0.39, 0.29) is 17.9 Å². The molecule has 3 heterocycles. The normalized spacial score (nSPS) is 11.1. The van der Waals surface area contributed by atoms with Crippen molar-refractivity contribution in [2.75, 3.05) is 11.9 Å². The summed E-state index contributed by atoms with van der Waals surface area (Å²) in [5.74, 6) is 0.0811. The lowest BCUT2D eigenvalue weighted by Gasteiger charge is -2.14. The van der Waals surface area contributed by atoms with E-state index in [0.29, 0.717) is 64.8 Å². The van der Waals surface area contributed by atoms with Crippen LogP contribution in [0.15, 0.2) is 47.7 Å². The molecule has 3 N–H and O–H groups in total. The number of amides is 1. The van der Waals surface area contributed by atoms with Gasteiger partial charge in [0.05, 0.1) is 17.6 Å². The number of primary amides is 1. The minimum atomic E-state index is -0.363. The second kappa shape index (κ2) is 10.6. The van der Waals surface area contributed by atoms with Crippen molar-refractivity contribution in [2.45, 2.75) is 39.7 Å². The van der Waals surface area contributed by atoms with Crippen molar-refractivity contribution < 1.29 is 4.79 Å². The molecule has 0 aliphatic rings. The summed E-state index contributed by atoms with van der Waals surface area (Å²) < 4.78 is 1.62. The SMILES string of the molecule is CCNc1ncc2cc(-c3ccc(-c4cncc(C)n4)cc3Cl)c(=O)n(CCCCC(N)=O)c2n1. The smallest absolute Gasteiger partial charge is 0.260 e. The minimum Gasteiger partial charge on any atom is -0.370 e. The van der Waals surface area contributed by atoms with E-state index in [4.69, 9.17) is 17.3 Å². The van der Waals surface area contributed by atoms with Gasteiger partial charge in [-0.15, -0.1) is 0 Å². The van der Waals surface area contributed by atoms with Crippen LogP contribution in [-0.2, 0) is 11.3 Å². The Morgan fingerprint density at radius 2 is 1.94 bits per heavy atom. The van der Waals surface area contributed by atoms with E-state index in [0.717, 1.165) is 11.3 Å². The fourth-order valence-corrected chi connectivity index (χ4v) is 4.15. The fourth-order valence-electron chi connectivity index (χ4n) is 3.87. The summed E-state index contributed by atoms with van der Waals surface area (Å²) in [6, 6.07) is 7.23. The lowest BCUT2D eigenvalue weighted by molar-refractivity contribution is -0.118. The summed E-state index contributed by atoms with van der Waals surface area (Å²) in [4.78, 5) is 42.4. The largest absolute Gasteiger partial charge is 0.370 e. The van der Waals surface area contributed by atoms with Gasteiger partial charge in [-0.25, -0.2) is 9.97 Å². The van der Waals surface area contributed by atoms with Crippen LogP contribution in [0.1, 0.15) is 31.9 Å². The summed E-state index contributed by atoms with van der Waals surface area (Å²) in [5, 5.41) is 4.21. The van der Waals surface area contributed by atoms with Crippen LogP contribution < -0.4 is 16.6 Å². The highest BCUT2D eigenvalue weighted by atomic mass is 35.5. The van der Waals surface area contributed by atoms with Crippen LogP contribution in [0, 0.1) is 6.92 Å². The van der Waals surface area contributed by atoms with Crippen LogP contribution >= 0.6 is 11.6 Å². The maximum atomic E-state index is 13.6. The van der Waals surface area contributed by atoms with E-state index in [1.165, 1.54) is 0 Å². The number of hydrogen-bond acceptors (Lipinski definition) is 7. The predicted octanol–water partition coefficient (Wildman–Crippen LogP) is 3.96. The zero-order chi connectivity index (χ0) is 24.9. The number of aromatic nitrogens is 5. The molecule has 1 amide bonds. The van der Waals surface area contributed by atoms with Gasteiger partial charge in [0.2, 0.25) is 11.9 Å². The Hall–Kier alpha value is -3.85. The first kappa shape index (κ1) is 24.3. The van der Waals surface area contributed by atoms with Crippen molar-refractivity contribution in [2.24, 2.45) is 5.73 Å². The maximum absolute atomic E-state index is 13.6. The third kappa shape index (κ3) is 5.46. The Labute approximate surface area is 207 Å². The van der Waals surface area contributed by atoms with Crippen molar-refractivity contribution in [3.63, 3.8) is 0 Å². The van der Waals surface area contributed by atoms with Crippen LogP contribution in [0.3, 0.4) is 0 Å². The molecule has 0 bridgehead atoms. The summed E-state index contributed by atoms with van der Waals surface area (Å²) >= 11 is 6.67. The van der Waals surface area contributed by atoms with E-state index in [1.54, 1.807) is 35.3 Å². The van der Waals surface area contributed by atoms with Gasteiger partial charge in [0.1, 0.15) is 5.65 Å². The average Bonchev–Trinajstić information content (AvgIpc) is 2.83. The molecule has 1 aromatic carbocycles. The molecule has 0 aliphatic carbocycles. The molecule has 0 fully saturated rings. The molecule has 0 radical (unpaired) electrons. The number of rotatable bonds is 9. The number of pyridine rings is 1. The molecule has 9 nitrogen and oxygen atoms in total. The Morgan fingerprint density at radius 1 is 1.11 bits per heavy atom. The number of carbonyl (C=O) groups excluding carboxylic acids is 1. The molecule has 3 aromatic heterocycles. The minimum absolute atomic E-state index is 0.220. The van der Waals surface area contributed by atoms with Crippen molar-refractivity contribution in [1.82, 2.24) is 24.5 Å². The van der Waals surface area contributed by atoms with Gasteiger partial charge in [0.25, 0.3) is 5.56 Å². The van der Waals surface area contributed by atoms with Gasteiger partial charge < -0.3 is 11.1 Å². The van der Waals surface area contributed by atoms with Crippen LogP contribution in [0.2, 0.25) is 5.02 Å². The number of nitrogens with zero attached hydrogens (tertiary/aromatic N) is 5. The number of halogens is 1. The monoisotopic (exact) mass is 491 g/mol. The number of carbonyl (C=O) groups is 1. The fraction of sp³-hybridized carbons (Fsp3) is 0.280. The molecule has 4 rings (SSSR count). The second-order valence-electron chi connectivity index (χ2n) is 8.18. The highest BCUT2D eigenvalue weighted by Gasteiger charge is 2.16. The molecular weight excluding hydrogens is 466 g/mol. The number of nitrogens with one attached hydrogen (secondary N) is 1. The number of fused-ring (bicyclic) bond motifs is 1. The molecule has 0 spiro atoms. The first-order valence-corrected chi connectivity index (χ1v) is 11.8. The van der Waals surface area contributed by atoms with Crippen LogP contribution in [0.25, 0.3) is 33.4 Å². The number of anilines is 1. The predicted molar refractivity (Wildman–Crippen MR) is 137 cm³/mol. The first-order chi connectivity index (χ1) is 16.9.